The average Bonchev–Trinajstić information content (AvgIpc) is 3.27. The van der Waals surface area contributed by atoms with Gasteiger partial charge in [-0.15, -0.1) is 0 Å². The number of nitrogens with zero attached hydrogens (tertiary/aromatic N) is 4. The predicted molar refractivity (Wildman–Crippen MR) is 128 cm³/mol. The van der Waals surface area contributed by atoms with Gasteiger partial charge in [-0.1, -0.05) is 25.4 Å². The summed E-state index contributed by atoms with van der Waals surface area (Å²) in [5, 5.41) is 5.51. The highest BCUT2D eigenvalue weighted by Crippen LogP contribution is 2.37. The monoisotopic (exact) mass is 552 g/mol. The number of nitrogens with two attached hydrogens (primary N) is 1. The van der Waals surface area contributed by atoms with Crippen molar-refractivity contribution in [1.82, 2.24) is 19.7 Å². The van der Waals surface area contributed by atoms with Gasteiger partial charge in [0, 0.05) is 35.8 Å². The first-order valence-electron chi connectivity index (χ1n) is 10.9. The van der Waals surface area contributed by atoms with E-state index in [0.29, 0.717) is 28.6 Å². The standard InChI is InChI=1S/C24H18ClF5N6O2/c1-11(2)18-17(5-7-32-21(18)31)38-19-15(26)8-12(9-16(19)27)35-23(37)13-10-34-36(20(13)24(28,29)30)22-14(25)4-3-6-33-22/h3-11H,1-2H3,(H2,31,32)(H,35,37). The number of hydrogen-bond acceptors (Lipinski definition) is 6. The van der Waals surface area contributed by atoms with Crippen molar-refractivity contribution in [2.45, 2.75) is 25.9 Å². The molecule has 198 valence electrons. The minimum absolute atomic E-state index is 0.0671. The molecule has 38 heavy (non-hydrogen) atoms. The van der Waals surface area contributed by atoms with E-state index < -0.39 is 46.4 Å². The number of anilines is 2. The van der Waals surface area contributed by atoms with E-state index in [4.69, 9.17) is 22.1 Å². The van der Waals surface area contributed by atoms with Gasteiger partial charge < -0.3 is 15.8 Å². The predicted octanol–water partition coefficient (Wildman–Crippen LogP) is 6.36. The number of nitrogen functional groups attached to an aromatic ring is 1. The molecule has 1 amide bonds. The molecular weight excluding hydrogens is 535 g/mol. The van der Waals surface area contributed by atoms with Crippen LogP contribution in [0.15, 0.2) is 48.9 Å². The van der Waals surface area contributed by atoms with Crippen molar-refractivity contribution in [2.24, 2.45) is 0 Å². The first kappa shape index (κ1) is 26.8. The SMILES string of the molecule is CC(C)c1c(Oc2c(F)cc(NC(=O)c3cnn(-c4ncccc4Cl)c3C(F)(F)F)cc2F)ccnc1N. The molecule has 14 heteroatoms. The van der Waals surface area contributed by atoms with Crippen LogP contribution in [0.25, 0.3) is 5.82 Å². The number of rotatable bonds is 6. The Morgan fingerprint density at radius 3 is 2.42 bits per heavy atom. The van der Waals surface area contributed by atoms with Crippen LogP contribution in [0.4, 0.5) is 33.5 Å². The first-order valence-corrected chi connectivity index (χ1v) is 11.2. The zero-order chi connectivity index (χ0) is 27.8. The smallest absolute Gasteiger partial charge is 0.434 e. The summed E-state index contributed by atoms with van der Waals surface area (Å²) >= 11 is 5.95. The van der Waals surface area contributed by atoms with E-state index in [-0.39, 0.29) is 28.3 Å². The molecule has 0 atom stereocenters. The summed E-state index contributed by atoms with van der Waals surface area (Å²) in [5.41, 5.74) is 3.41. The number of ether oxygens (including phenoxy) is 1. The minimum atomic E-state index is -5.06. The van der Waals surface area contributed by atoms with Crippen LogP contribution in [-0.2, 0) is 6.18 Å². The van der Waals surface area contributed by atoms with E-state index in [1.807, 2.05) is 0 Å². The third-order valence-electron chi connectivity index (χ3n) is 5.25. The fraction of sp³-hybridized carbons (Fsp3) is 0.167. The van der Waals surface area contributed by atoms with Gasteiger partial charge in [-0.2, -0.15) is 18.3 Å². The number of halogens is 6. The number of nitrogens with one attached hydrogen (secondary N) is 1. The van der Waals surface area contributed by atoms with Gasteiger partial charge >= 0.3 is 6.18 Å². The molecule has 0 fully saturated rings. The van der Waals surface area contributed by atoms with Gasteiger partial charge in [-0.3, -0.25) is 4.79 Å². The van der Waals surface area contributed by atoms with E-state index in [9.17, 15) is 26.7 Å². The third kappa shape index (κ3) is 5.23. The second-order valence-corrected chi connectivity index (χ2v) is 8.62. The summed E-state index contributed by atoms with van der Waals surface area (Å²) in [4.78, 5) is 20.5. The molecule has 8 nitrogen and oxygen atoms in total. The number of benzene rings is 1. The Hall–Kier alpha value is -4.26. The Kier molecular flexibility index (Phi) is 7.22. The fourth-order valence-corrected chi connectivity index (χ4v) is 3.86. The van der Waals surface area contributed by atoms with Gasteiger partial charge in [-0.05, 0) is 24.1 Å². The number of aromatic nitrogens is 4. The van der Waals surface area contributed by atoms with Gasteiger partial charge in [0.25, 0.3) is 5.91 Å². The third-order valence-corrected chi connectivity index (χ3v) is 5.54. The number of amides is 1. The van der Waals surface area contributed by atoms with E-state index in [1.165, 1.54) is 30.6 Å². The molecular formula is C24H18ClF5N6O2. The van der Waals surface area contributed by atoms with Crippen molar-refractivity contribution in [2.75, 3.05) is 11.1 Å². The maximum atomic E-state index is 14.8. The number of pyridine rings is 2. The van der Waals surface area contributed by atoms with Gasteiger partial charge in [0.05, 0.1) is 16.8 Å². The molecule has 1 aromatic carbocycles. The van der Waals surface area contributed by atoms with Crippen molar-refractivity contribution in [3.63, 3.8) is 0 Å². The number of carbonyl (C=O) groups is 1. The molecule has 0 spiro atoms. The number of alkyl halides is 3. The molecule has 0 radical (unpaired) electrons. The zero-order valence-corrected chi connectivity index (χ0v) is 20.4. The van der Waals surface area contributed by atoms with Crippen LogP contribution < -0.4 is 15.8 Å². The van der Waals surface area contributed by atoms with Crippen LogP contribution in [-0.4, -0.2) is 25.7 Å². The largest absolute Gasteiger partial charge is 0.451 e. The average molecular weight is 553 g/mol. The minimum Gasteiger partial charge on any atom is -0.451 e. The summed E-state index contributed by atoms with van der Waals surface area (Å²) < 4.78 is 77.2. The molecule has 0 aliphatic heterocycles. The summed E-state index contributed by atoms with van der Waals surface area (Å²) in [6, 6.07) is 5.47. The molecule has 0 unspecified atom stereocenters. The van der Waals surface area contributed by atoms with Crippen molar-refractivity contribution in [3.05, 3.63) is 82.4 Å². The summed E-state index contributed by atoms with van der Waals surface area (Å²) in [6.45, 7) is 3.56. The molecule has 0 bridgehead atoms. The molecule has 0 saturated heterocycles. The lowest BCUT2D eigenvalue weighted by atomic mass is 10.0. The van der Waals surface area contributed by atoms with Gasteiger partial charge in [0.2, 0.25) is 0 Å². The van der Waals surface area contributed by atoms with Crippen LogP contribution in [0.1, 0.15) is 41.4 Å². The maximum absolute atomic E-state index is 14.8. The Morgan fingerprint density at radius 1 is 1.13 bits per heavy atom. The van der Waals surface area contributed by atoms with E-state index in [0.717, 1.165) is 0 Å². The highest BCUT2D eigenvalue weighted by Gasteiger charge is 2.41. The van der Waals surface area contributed by atoms with Crippen LogP contribution in [0, 0.1) is 11.6 Å². The molecule has 0 saturated carbocycles. The maximum Gasteiger partial charge on any atom is 0.434 e. The van der Waals surface area contributed by atoms with E-state index in [1.54, 1.807) is 13.8 Å². The molecule has 3 aromatic heterocycles. The lowest BCUT2D eigenvalue weighted by Gasteiger charge is -2.16. The topological polar surface area (TPSA) is 108 Å². The van der Waals surface area contributed by atoms with Crippen LogP contribution >= 0.6 is 11.6 Å². The van der Waals surface area contributed by atoms with Crippen molar-refractivity contribution < 1.29 is 31.5 Å². The Labute approximate surface area is 217 Å². The Bertz CT molecular complexity index is 1500. The lowest BCUT2D eigenvalue weighted by molar-refractivity contribution is -0.143. The quantitative estimate of drug-likeness (QED) is 0.269. The molecule has 0 aliphatic carbocycles. The second kappa shape index (κ2) is 10.2. The van der Waals surface area contributed by atoms with E-state index >= 15 is 0 Å². The summed E-state index contributed by atoms with van der Waals surface area (Å²) in [7, 11) is 0. The number of hydrogen-bond donors (Lipinski definition) is 2. The number of carbonyl (C=O) groups excluding carboxylic acids is 1. The second-order valence-electron chi connectivity index (χ2n) is 8.21. The molecule has 3 N–H and O–H groups in total. The highest BCUT2D eigenvalue weighted by molar-refractivity contribution is 6.32. The van der Waals surface area contributed by atoms with Gasteiger partial charge in [0.1, 0.15) is 11.6 Å². The van der Waals surface area contributed by atoms with Crippen molar-refractivity contribution in [1.29, 1.82) is 0 Å². The van der Waals surface area contributed by atoms with Crippen LogP contribution in [0.2, 0.25) is 5.02 Å². The van der Waals surface area contributed by atoms with Crippen LogP contribution in [0.5, 0.6) is 11.5 Å². The van der Waals surface area contributed by atoms with Crippen molar-refractivity contribution in [3.8, 4) is 17.3 Å². The summed E-state index contributed by atoms with van der Waals surface area (Å²) in [6.07, 6.45) is -1.91. The Balaban J connectivity index is 1.66. The van der Waals surface area contributed by atoms with Crippen LogP contribution in [0.3, 0.4) is 0 Å². The molecule has 0 aliphatic rings. The van der Waals surface area contributed by atoms with Gasteiger partial charge in [0.15, 0.2) is 28.9 Å². The zero-order valence-electron chi connectivity index (χ0n) is 19.6. The molecule has 3 heterocycles. The molecule has 4 rings (SSSR count). The first-order chi connectivity index (χ1) is 17.9. The normalized spacial score (nSPS) is 11.6. The lowest BCUT2D eigenvalue weighted by Crippen LogP contribution is -2.21. The highest BCUT2D eigenvalue weighted by atomic mass is 35.5. The fourth-order valence-electron chi connectivity index (χ4n) is 3.66. The van der Waals surface area contributed by atoms with Crippen molar-refractivity contribution >= 4 is 29.0 Å². The van der Waals surface area contributed by atoms with E-state index in [2.05, 4.69) is 20.4 Å². The van der Waals surface area contributed by atoms with Gasteiger partial charge in [-0.25, -0.2) is 23.4 Å². The summed E-state index contributed by atoms with van der Waals surface area (Å²) in [5.74, 6) is -4.94. The molecule has 4 aromatic rings. The Morgan fingerprint density at radius 2 is 1.82 bits per heavy atom.